The zero-order valence-electron chi connectivity index (χ0n) is 13.4. The molecule has 23 heavy (non-hydrogen) atoms. The molecular formula is C17H24ClNO4. The summed E-state index contributed by atoms with van der Waals surface area (Å²) in [7, 11) is 0. The third-order valence-corrected chi connectivity index (χ3v) is 4.32. The molecule has 0 amide bonds. The molecule has 1 saturated heterocycles. The number of carbonyl (C=O) groups is 1. The van der Waals surface area contributed by atoms with E-state index in [9.17, 15) is 4.79 Å². The maximum Gasteiger partial charge on any atom is 0.314 e. The Morgan fingerprint density at radius 1 is 1.35 bits per heavy atom. The monoisotopic (exact) mass is 341 g/mol. The molecule has 1 aromatic rings. The number of benzene rings is 1. The number of fused-ring (bicyclic) bond motifs is 1. The molecule has 0 aliphatic carbocycles. The second-order valence-corrected chi connectivity index (χ2v) is 6.00. The first-order valence-electron chi connectivity index (χ1n) is 8.15. The van der Waals surface area contributed by atoms with Crippen molar-refractivity contribution in [1.82, 2.24) is 0 Å². The molecule has 0 saturated carbocycles. The van der Waals surface area contributed by atoms with E-state index in [-0.39, 0.29) is 30.4 Å². The van der Waals surface area contributed by atoms with E-state index in [1.54, 1.807) is 0 Å². The Kier molecular flexibility index (Phi) is 6.54. The summed E-state index contributed by atoms with van der Waals surface area (Å²) in [6, 6.07) is 7.77. The number of rotatable bonds is 4. The SMILES string of the molecule is CCOC(=O)C1CCC[NH+](CC2COc3ccccc3O2)C1.[Cl-]. The molecule has 1 fully saturated rings. The summed E-state index contributed by atoms with van der Waals surface area (Å²) in [4.78, 5) is 13.3. The van der Waals surface area contributed by atoms with Gasteiger partial charge in [0.15, 0.2) is 17.6 Å². The smallest absolute Gasteiger partial charge is 0.314 e. The Hall–Kier alpha value is -1.46. The van der Waals surface area contributed by atoms with Crippen LogP contribution in [-0.2, 0) is 9.53 Å². The number of hydrogen-bond acceptors (Lipinski definition) is 4. The molecule has 2 aliphatic rings. The topological polar surface area (TPSA) is 49.2 Å². The van der Waals surface area contributed by atoms with Gasteiger partial charge < -0.3 is 31.5 Å². The van der Waals surface area contributed by atoms with Crippen LogP contribution in [0.3, 0.4) is 0 Å². The first kappa shape index (κ1) is 17.9. The highest BCUT2D eigenvalue weighted by Gasteiger charge is 2.32. The van der Waals surface area contributed by atoms with Gasteiger partial charge in [0.2, 0.25) is 0 Å². The molecule has 1 N–H and O–H groups in total. The number of hydrogen-bond donors (Lipinski definition) is 1. The van der Waals surface area contributed by atoms with Gasteiger partial charge >= 0.3 is 5.97 Å². The summed E-state index contributed by atoms with van der Waals surface area (Å²) in [5.41, 5.74) is 0. The van der Waals surface area contributed by atoms with Crippen molar-refractivity contribution in [2.75, 3.05) is 32.8 Å². The van der Waals surface area contributed by atoms with E-state index in [0.717, 1.165) is 44.0 Å². The molecule has 3 rings (SSSR count). The van der Waals surface area contributed by atoms with Crippen LogP contribution in [0.1, 0.15) is 19.8 Å². The van der Waals surface area contributed by atoms with Gasteiger partial charge in [-0.05, 0) is 31.9 Å². The van der Waals surface area contributed by atoms with Crippen LogP contribution in [0.4, 0.5) is 0 Å². The summed E-state index contributed by atoms with van der Waals surface area (Å²) >= 11 is 0. The van der Waals surface area contributed by atoms with Crippen LogP contribution < -0.4 is 26.8 Å². The average molecular weight is 342 g/mol. The standard InChI is InChI=1S/C17H23NO4.ClH/c1-2-20-17(19)13-6-5-9-18(10-13)11-14-12-21-15-7-3-4-8-16(15)22-14;/h3-4,7-8,13-14H,2,5-6,9-12H2,1H3;1H. The Morgan fingerprint density at radius 3 is 2.91 bits per heavy atom. The molecule has 2 heterocycles. The number of halogens is 1. The van der Waals surface area contributed by atoms with Gasteiger partial charge in [-0.1, -0.05) is 12.1 Å². The minimum absolute atomic E-state index is 0. The highest BCUT2D eigenvalue weighted by molar-refractivity contribution is 5.72. The predicted molar refractivity (Wildman–Crippen MR) is 81.3 cm³/mol. The van der Waals surface area contributed by atoms with Gasteiger partial charge in [-0.3, -0.25) is 4.79 Å². The van der Waals surface area contributed by atoms with Crippen molar-refractivity contribution < 1.29 is 36.3 Å². The van der Waals surface area contributed by atoms with Crippen LogP contribution in [0.5, 0.6) is 11.5 Å². The Balaban J connectivity index is 0.00000192. The van der Waals surface area contributed by atoms with Crippen molar-refractivity contribution in [2.24, 2.45) is 5.92 Å². The number of quaternary nitrogens is 1. The predicted octanol–water partition coefficient (Wildman–Crippen LogP) is -2.31. The minimum atomic E-state index is -0.0501. The first-order valence-corrected chi connectivity index (χ1v) is 8.15. The molecule has 2 aliphatic heterocycles. The third kappa shape index (κ3) is 4.52. The molecule has 6 heteroatoms. The van der Waals surface area contributed by atoms with Crippen LogP contribution in [-0.4, -0.2) is 44.9 Å². The lowest BCUT2D eigenvalue weighted by atomic mass is 9.98. The second kappa shape index (κ2) is 8.41. The van der Waals surface area contributed by atoms with Crippen molar-refractivity contribution in [2.45, 2.75) is 25.9 Å². The lowest BCUT2D eigenvalue weighted by Crippen LogP contribution is -3.15. The van der Waals surface area contributed by atoms with Gasteiger partial charge in [0.05, 0.1) is 19.7 Å². The molecule has 5 nitrogen and oxygen atoms in total. The fourth-order valence-electron chi connectivity index (χ4n) is 3.28. The zero-order valence-corrected chi connectivity index (χ0v) is 14.2. The summed E-state index contributed by atoms with van der Waals surface area (Å²) in [5, 5.41) is 0. The molecule has 0 radical (unpaired) electrons. The number of carbonyl (C=O) groups excluding carboxylic acids is 1. The van der Waals surface area contributed by atoms with Gasteiger partial charge in [0, 0.05) is 0 Å². The number of ether oxygens (including phenoxy) is 3. The van der Waals surface area contributed by atoms with Gasteiger partial charge in [-0.15, -0.1) is 0 Å². The van der Waals surface area contributed by atoms with Crippen molar-refractivity contribution in [3.63, 3.8) is 0 Å². The van der Waals surface area contributed by atoms with Gasteiger partial charge in [0.1, 0.15) is 19.1 Å². The molecule has 3 atom stereocenters. The Bertz CT molecular complexity index is 525. The summed E-state index contributed by atoms with van der Waals surface area (Å²) in [6.45, 7) is 5.67. The van der Waals surface area contributed by atoms with Crippen molar-refractivity contribution in [1.29, 1.82) is 0 Å². The zero-order chi connectivity index (χ0) is 15.4. The van der Waals surface area contributed by atoms with Gasteiger partial charge in [-0.25, -0.2) is 0 Å². The molecule has 0 aromatic heterocycles. The van der Waals surface area contributed by atoms with Crippen LogP contribution in [0.15, 0.2) is 24.3 Å². The Morgan fingerprint density at radius 2 is 2.13 bits per heavy atom. The molecular weight excluding hydrogens is 318 g/mol. The van der Waals surface area contributed by atoms with Crippen molar-refractivity contribution in [3.8, 4) is 11.5 Å². The molecule has 0 spiro atoms. The van der Waals surface area contributed by atoms with Gasteiger partial charge in [0.25, 0.3) is 0 Å². The molecule has 0 bridgehead atoms. The molecule has 3 unspecified atom stereocenters. The van der Waals surface area contributed by atoms with Crippen molar-refractivity contribution >= 4 is 5.97 Å². The number of esters is 1. The van der Waals surface area contributed by atoms with Crippen LogP contribution >= 0.6 is 0 Å². The van der Waals surface area contributed by atoms with E-state index >= 15 is 0 Å². The quantitative estimate of drug-likeness (QED) is 0.625. The van der Waals surface area contributed by atoms with E-state index in [0.29, 0.717) is 13.2 Å². The first-order chi connectivity index (χ1) is 10.8. The number of likely N-dealkylation sites (tertiary alicyclic amines) is 1. The number of para-hydroxylation sites is 2. The summed E-state index contributed by atoms with van der Waals surface area (Å²) < 4.78 is 16.9. The van der Waals surface area contributed by atoms with E-state index in [1.165, 1.54) is 4.90 Å². The molecule has 128 valence electrons. The fourth-order valence-corrected chi connectivity index (χ4v) is 3.28. The highest BCUT2D eigenvalue weighted by atomic mass is 35.5. The van der Waals surface area contributed by atoms with Crippen LogP contribution in [0.2, 0.25) is 0 Å². The minimum Gasteiger partial charge on any atom is -1.00 e. The average Bonchev–Trinajstić information content (AvgIpc) is 2.55. The normalized spacial score (nSPS) is 26.0. The van der Waals surface area contributed by atoms with E-state index in [2.05, 4.69) is 0 Å². The number of piperidine rings is 1. The summed E-state index contributed by atoms with van der Waals surface area (Å²) in [5.74, 6) is 1.61. The second-order valence-electron chi connectivity index (χ2n) is 6.00. The Labute approximate surface area is 143 Å². The van der Waals surface area contributed by atoms with Gasteiger partial charge in [-0.2, -0.15) is 0 Å². The van der Waals surface area contributed by atoms with Crippen molar-refractivity contribution in [3.05, 3.63) is 24.3 Å². The number of nitrogens with one attached hydrogen (secondary N) is 1. The summed E-state index contributed by atoms with van der Waals surface area (Å²) in [6.07, 6.45) is 2.04. The maximum atomic E-state index is 11.9. The van der Waals surface area contributed by atoms with E-state index in [4.69, 9.17) is 14.2 Å². The van der Waals surface area contributed by atoms with Crippen LogP contribution in [0, 0.1) is 5.92 Å². The maximum absolute atomic E-state index is 11.9. The highest BCUT2D eigenvalue weighted by Crippen LogP contribution is 2.30. The lowest BCUT2D eigenvalue weighted by molar-refractivity contribution is -0.910. The molecule has 1 aromatic carbocycles. The fraction of sp³-hybridized carbons (Fsp3) is 0.588. The third-order valence-electron chi connectivity index (χ3n) is 4.32. The van der Waals surface area contributed by atoms with E-state index in [1.807, 2.05) is 31.2 Å². The van der Waals surface area contributed by atoms with E-state index < -0.39 is 0 Å². The van der Waals surface area contributed by atoms with Crippen LogP contribution in [0.25, 0.3) is 0 Å². The largest absolute Gasteiger partial charge is 1.00 e. The lowest BCUT2D eigenvalue weighted by Gasteiger charge is -2.33.